The lowest BCUT2D eigenvalue weighted by Gasteiger charge is -2.26. The van der Waals surface area contributed by atoms with Crippen LogP contribution in [0.1, 0.15) is 22.3 Å². The van der Waals surface area contributed by atoms with Crippen molar-refractivity contribution >= 4 is 41.2 Å². The molecule has 1 N–H and O–H groups in total. The average molecular weight is 491 g/mol. The van der Waals surface area contributed by atoms with Crippen molar-refractivity contribution in [2.24, 2.45) is 0 Å². The molecule has 1 heterocycles. The lowest BCUT2D eigenvalue weighted by molar-refractivity contribution is -0.122. The van der Waals surface area contributed by atoms with Gasteiger partial charge in [0.2, 0.25) is 0 Å². The fourth-order valence-corrected chi connectivity index (χ4v) is 4.18. The Labute approximate surface area is 207 Å². The molecule has 0 radical (unpaired) electrons. The van der Waals surface area contributed by atoms with Crippen LogP contribution >= 0.6 is 11.6 Å². The molecule has 4 rings (SSSR count). The first-order chi connectivity index (χ1) is 16.8. The number of amides is 4. The molecule has 1 aliphatic rings. The Bertz CT molecular complexity index is 1330. The van der Waals surface area contributed by atoms with Gasteiger partial charge in [-0.25, -0.2) is 9.69 Å². The van der Waals surface area contributed by atoms with Gasteiger partial charge in [0.05, 0.1) is 17.8 Å². The van der Waals surface area contributed by atoms with Gasteiger partial charge in [-0.2, -0.15) is 0 Å². The van der Waals surface area contributed by atoms with Gasteiger partial charge in [0.1, 0.15) is 12.2 Å². The maximum absolute atomic E-state index is 13.1. The molecule has 1 aliphatic heterocycles. The molecule has 0 spiro atoms. The molecule has 1 fully saturated rings. The number of benzene rings is 3. The van der Waals surface area contributed by atoms with Crippen LogP contribution in [0.2, 0.25) is 5.02 Å². The number of rotatable bonds is 6. The Kier molecular flexibility index (Phi) is 6.89. The van der Waals surface area contributed by atoms with E-state index >= 15 is 0 Å². The van der Waals surface area contributed by atoms with Crippen molar-refractivity contribution in [1.29, 1.82) is 0 Å². The number of imide groups is 2. The van der Waals surface area contributed by atoms with E-state index in [1.807, 2.05) is 26.0 Å². The second-order valence-electron chi connectivity index (χ2n) is 8.11. The molecule has 4 amide bonds. The first-order valence-corrected chi connectivity index (χ1v) is 11.2. The van der Waals surface area contributed by atoms with Gasteiger partial charge in [-0.1, -0.05) is 59.1 Å². The molecule has 0 aliphatic carbocycles. The van der Waals surface area contributed by atoms with Crippen molar-refractivity contribution in [3.05, 3.63) is 93.5 Å². The number of ether oxygens (including phenoxy) is 2. The van der Waals surface area contributed by atoms with E-state index in [-0.39, 0.29) is 17.2 Å². The SMILES string of the molecule is COc1cc(/C=C2\C(=O)NC(=O)N(c3ccccc3)C2=O)cc(Cl)c1OCc1cc(C)cc(C)c1. The summed E-state index contributed by atoms with van der Waals surface area (Å²) < 4.78 is 11.4. The van der Waals surface area contributed by atoms with Crippen LogP contribution in [0.3, 0.4) is 0 Å². The summed E-state index contributed by atoms with van der Waals surface area (Å²) in [5.74, 6) is -0.850. The highest BCUT2D eigenvalue weighted by atomic mass is 35.5. The molecule has 35 heavy (non-hydrogen) atoms. The molecule has 3 aromatic rings. The van der Waals surface area contributed by atoms with Crippen molar-refractivity contribution in [1.82, 2.24) is 5.32 Å². The van der Waals surface area contributed by atoms with Crippen LogP contribution in [0.15, 0.2) is 66.2 Å². The molecule has 0 bridgehead atoms. The summed E-state index contributed by atoms with van der Waals surface area (Å²) in [6.07, 6.45) is 1.36. The lowest BCUT2D eigenvalue weighted by Crippen LogP contribution is -2.54. The molecule has 0 atom stereocenters. The van der Waals surface area contributed by atoms with E-state index in [1.165, 1.54) is 13.2 Å². The second kappa shape index (κ2) is 10.0. The second-order valence-corrected chi connectivity index (χ2v) is 8.52. The zero-order chi connectivity index (χ0) is 25.1. The predicted molar refractivity (Wildman–Crippen MR) is 134 cm³/mol. The summed E-state index contributed by atoms with van der Waals surface area (Å²) in [7, 11) is 1.47. The fraction of sp³-hybridized carbons (Fsp3) is 0.148. The molecule has 0 aromatic heterocycles. The van der Waals surface area contributed by atoms with Crippen LogP contribution in [-0.2, 0) is 16.2 Å². The molecular formula is C27H23ClN2O5. The van der Waals surface area contributed by atoms with E-state index in [0.29, 0.717) is 22.7 Å². The highest BCUT2D eigenvalue weighted by Gasteiger charge is 2.36. The van der Waals surface area contributed by atoms with Gasteiger partial charge in [-0.15, -0.1) is 0 Å². The molecule has 8 heteroatoms. The number of barbiturate groups is 1. The lowest BCUT2D eigenvalue weighted by atomic mass is 10.1. The fourth-order valence-electron chi connectivity index (χ4n) is 3.91. The van der Waals surface area contributed by atoms with E-state index in [1.54, 1.807) is 42.5 Å². The summed E-state index contributed by atoms with van der Waals surface area (Å²) in [4.78, 5) is 38.8. The maximum Gasteiger partial charge on any atom is 0.335 e. The monoisotopic (exact) mass is 490 g/mol. The van der Waals surface area contributed by atoms with E-state index in [0.717, 1.165) is 21.6 Å². The van der Waals surface area contributed by atoms with Crippen LogP contribution in [0, 0.1) is 13.8 Å². The number of hydrogen-bond donors (Lipinski definition) is 1. The Morgan fingerprint density at radius 3 is 2.31 bits per heavy atom. The standard InChI is InChI=1S/C27H23ClN2O5/c1-16-9-17(2)11-19(10-16)15-35-24-22(28)13-18(14-23(24)34-3)12-21-25(31)29-27(33)30(26(21)32)20-7-5-4-6-8-20/h4-14H,15H2,1-3H3,(H,29,31,33)/b21-12+. The summed E-state index contributed by atoms with van der Waals surface area (Å²) in [5.41, 5.74) is 3.81. The van der Waals surface area contributed by atoms with Crippen molar-refractivity contribution in [2.75, 3.05) is 12.0 Å². The smallest absolute Gasteiger partial charge is 0.335 e. The number of nitrogens with one attached hydrogen (secondary N) is 1. The first kappa shape index (κ1) is 24.0. The number of urea groups is 1. The molecule has 1 saturated heterocycles. The third kappa shape index (κ3) is 5.20. The normalized spacial score (nSPS) is 14.8. The number of hydrogen-bond acceptors (Lipinski definition) is 5. The molecule has 178 valence electrons. The largest absolute Gasteiger partial charge is 0.493 e. The van der Waals surface area contributed by atoms with Crippen LogP contribution in [0.25, 0.3) is 6.08 Å². The van der Waals surface area contributed by atoms with Crippen LogP contribution in [0.4, 0.5) is 10.5 Å². The van der Waals surface area contributed by atoms with Crippen molar-refractivity contribution in [2.45, 2.75) is 20.5 Å². The molecule has 3 aromatic carbocycles. The number of carbonyl (C=O) groups is 3. The van der Waals surface area contributed by atoms with Crippen molar-refractivity contribution < 1.29 is 23.9 Å². The topological polar surface area (TPSA) is 84.9 Å². The van der Waals surface area contributed by atoms with E-state index in [4.69, 9.17) is 21.1 Å². The van der Waals surface area contributed by atoms with Gasteiger partial charge in [-0.05, 0) is 55.3 Å². The quantitative estimate of drug-likeness (QED) is 0.378. The van der Waals surface area contributed by atoms with Crippen LogP contribution in [-0.4, -0.2) is 25.0 Å². The molecule has 0 unspecified atom stereocenters. The van der Waals surface area contributed by atoms with Crippen LogP contribution < -0.4 is 19.7 Å². The number of carbonyl (C=O) groups excluding carboxylic acids is 3. The molecule has 7 nitrogen and oxygen atoms in total. The number of halogens is 1. The number of para-hydroxylation sites is 1. The van der Waals surface area contributed by atoms with Gasteiger partial charge in [-0.3, -0.25) is 14.9 Å². The number of methoxy groups -OCH3 is 1. The van der Waals surface area contributed by atoms with Gasteiger partial charge in [0, 0.05) is 0 Å². The minimum absolute atomic E-state index is 0.213. The minimum atomic E-state index is -0.811. The van der Waals surface area contributed by atoms with Gasteiger partial charge >= 0.3 is 6.03 Å². The number of aryl methyl sites for hydroxylation is 2. The zero-order valence-electron chi connectivity index (χ0n) is 19.4. The summed E-state index contributed by atoms with van der Waals surface area (Å²) >= 11 is 6.50. The van der Waals surface area contributed by atoms with Gasteiger partial charge < -0.3 is 9.47 Å². The number of anilines is 1. The minimum Gasteiger partial charge on any atom is -0.493 e. The molecular weight excluding hydrogens is 468 g/mol. The van der Waals surface area contributed by atoms with Crippen molar-refractivity contribution in [3.8, 4) is 11.5 Å². The number of nitrogens with zero attached hydrogens (tertiary/aromatic N) is 1. The van der Waals surface area contributed by atoms with Crippen LogP contribution in [0.5, 0.6) is 11.5 Å². The van der Waals surface area contributed by atoms with E-state index in [9.17, 15) is 14.4 Å². The first-order valence-electron chi connectivity index (χ1n) is 10.8. The molecule has 0 saturated carbocycles. The highest BCUT2D eigenvalue weighted by molar-refractivity contribution is 6.39. The third-order valence-electron chi connectivity index (χ3n) is 5.34. The Morgan fingerprint density at radius 2 is 1.66 bits per heavy atom. The summed E-state index contributed by atoms with van der Waals surface area (Å²) in [5, 5.41) is 2.45. The summed E-state index contributed by atoms with van der Waals surface area (Å²) in [6.45, 7) is 4.32. The Morgan fingerprint density at radius 1 is 0.971 bits per heavy atom. The average Bonchev–Trinajstić information content (AvgIpc) is 2.80. The Hall–Kier alpha value is -4.10. The zero-order valence-corrected chi connectivity index (χ0v) is 20.2. The maximum atomic E-state index is 13.1. The van der Waals surface area contributed by atoms with Gasteiger partial charge in [0.25, 0.3) is 11.8 Å². The van der Waals surface area contributed by atoms with E-state index < -0.39 is 17.8 Å². The summed E-state index contributed by atoms with van der Waals surface area (Å²) in [6, 6.07) is 16.8. The predicted octanol–water partition coefficient (Wildman–Crippen LogP) is 5.21. The van der Waals surface area contributed by atoms with E-state index in [2.05, 4.69) is 11.4 Å². The van der Waals surface area contributed by atoms with Gasteiger partial charge in [0.15, 0.2) is 11.5 Å². The highest BCUT2D eigenvalue weighted by Crippen LogP contribution is 2.38. The van der Waals surface area contributed by atoms with Crippen molar-refractivity contribution in [3.63, 3.8) is 0 Å². The Balaban J connectivity index is 1.64. The third-order valence-corrected chi connectivity index (χ3v) is 5.62.